The van der Waals surface area contributed by atoms with Crippen LogP contribution in [0.2, 0.25) is 0 Å². The first-order valence-electron chi connectivity index (χ1n) is 6.04. The molecule has 0 aromatic heterocycles. The van der Waals surface area contributed by atoms with Gasteiger partial charge in [0.1, 0.15) is 11.9 Å². The molecular weight excluding hydrogens is 220 g/mol. The normalized spacial score (nSPS) is 20.5. The summed E-state index contributed by atoms with van der Waals surface area (Å²) in [6, 6.07) is 0. The lowest BCUT2D eigenvalue weighted by atomic mass is 10.1. The third kappa shape index (κ3) is 3.19. The molecule has 2 aliphatic carbocycles. The van der Waals surface area contributed by atoms with E-state index in [-0.39, 0.29) is 6.10 Å². The Hall–Kier alpha value is -1.58. The maximum Gasteiger partial charge on any atom is 0.514 e. The Morgan fingerprint density at radius 1 is 1.24 bits per heavy atom. The maximum absolute atomic E-state index is 11.5. The topological polar surface area (TPSA) is 52.6 Å². The van der Waals surface area contributed by atoms with E-state index in [0.29, 0.717) is 17.6 Å². The van der Waals surface area contributed by atoms with E-state index >= 15 is 0 Å². The second-order valence-corrected chi connectivity index (χ2v) is 4.30. The van der Waals surface area contributed by atoms with Crippen LogP contribution in [-0.4, -0.2) is 18.5 Å². The molecule has 0 saturated heterocycles. The maximum atomic E-state index is 11.5. The number of carbonyl (C=O) groups is 2. The lowest BCUT2D eigenvalue weighted by Gasteiger charge is -2.14. The van der Waals surface area contributed by atoms with Gasteiger partial charge in [-0.1, -0.05) is 6.08 Å². The molecule has 0 aliphatic heterocycles. The Kier molecular flexibility index (Phi) is 3.96. The average molecular weight is 236 g/mol. The predicted octanol–water partition coefficient (Wildman–Crippen LogP) is 2.89. The van der Waals surface area contributed by atoms with Crippen molar-refractivity contribution in [1.82, 2.24) is 0 Å². The van der Waals surface area contributed by atoms with Crippen LogP contribution in [0.15, 0.2) is 23.5 Å². The van der Waals surface area contributed by atoms with Gasteiger partial charge in [0.25, 0.3) is 0 Å². The number of hydrogen-bond donors (Lipinski definition) is 0. The summed E-state index contributed by atoms with van der Waals surface area (Å²) in [6.45, 7) is 0. The van der Waals surface area contributed by atoms with Gasteiger partial charge >= 0.3 is 6.16 Å². The van der Waals surface area contributed by atoms with Crippen molar-refractivity contribution >= 4 is 12.4 Å². The molecule has 0 atom stereocenters. The van der Waals surface area contributed by atoms with Crippen LogP contribution in [0.1, 0.15) is 38.5 Å². The highest BCUT2D eigenvalue weighted by Gasteiger charge is 2.22. The molecule has 0 N–H and O–H groups in total. The van der Waals surface area contributed by atoms with Crippen molar-refractivity contribution in [3.63, 3.8) is 0 Å². The number of carbonyl (C=O) groups excluding carboxylic acids is 2. The molecule has 1 saturated carbocycles. The zero-order chi connectivity index (χ0) is 12.1. The molecule has 0 spiro atoms. The monoisotopic (exact) mass is 236 g/mol. The third-order valence-electron chi connectivity index (χ3n) is 3.03. The van der Waals surface area contributed by atoms with Gasteiger partial charge in [-0.2, -0.15) is 0 Å². The fourth-order valence-electron chi connectivity index (χ4n) is 2.13. The van der Waals surface area contributed by atoms with E-state index in [4.69, 9.17) is 9.47 Å². The number of rotatable bonds is 3. The summed E-state index contributed by atoms with van der Waals surface area (Å²) >= 11 is 0. The first kappa shape index (κ1) is 11.9. The average Bonchev–Trinajstić information content (AvgIpc) is 2.82. The smallest absolute Gasteiger partial charge is 0.431 e. The Morgan fingerprint density at radius 3 is 2.65 bits per heavy atom. The molecule has 0 heterocycles. The van der Waals surface area contributed by atoms with Gasteiger partial charge in [0.2, 0.25) is 0 Å². The summed E-state index contributed by atoms with van der Waals surface area (Å²) in [5.74, 6) is 0.328. The van der Waals surface area contributed by atoms with Crippen LogP contribution in [0.4, 0.5) is 4.79 Å². The van der Waals surface area contributed by atoms with Gasteiger partial charge in [-0.25, -0.2) is 4.79 Å². The molecule has 0 radical (unpaired) electrons. The lowest BCUT2D eigenvalue weighted by Crippen LogP contribution is -2.17. The Labute approximate surface area is 100 Å². The van der Waals surface area contributed by atoms with Crippen LogP contribution in [-0.2, 0) is 14.3 Å². The second-order valence-electron chi connectivity index (χ2n) is 4.30. The molecule has 17 heavy (non-hydrogen) atoms. The third-order valence-corrected chi connectivity index (χ3v) is 3.03. The fraction of sp³-hybridized carbons (Fsp3) is 0.538. The van der Waals surface area contributed by atoms with Crippen molar-refractivity contribution in [1.29, 1.82) is 0 Å². The molecule has 4 nitrogen and oxygen atoms in total. The number of hydrogen-bond acceptors (Lipinski definition) is 4. The molecule has 2 aliphatic rings. The minimum absolute atomic E-state index is 0.0182. The van der Waals surface area contributed by atoms with Crippen molar-refractivity contribution in [2.24, 2.45) is 0 Å². The van der Waals surface area contributed by atoms with Crippen LogP contribution in [0.3, 0.4) is 0 Å². The summed E-state index contributed by atoms with van der Waals surface area (Å²) in [7, 11) is 0. The number of aldehydes is 1. The van der Waals surface area contributed by atoms with E-state index in [2.05, 4.69) is 0 Å². The highest BCUT2D eigenvalue weighted by atomic mass is 16.7. The molecule has 0 aromatic rings. The van der Waals surface area contributed by atoms with Crippen LogP contribution < -0.4 is 0 Å². The molecule has 0 bridgehead atoms. The van der Waals surface area contributed by atoms with E-state index < -0.39 is 6.16 Å². The number of ether oxygens (including phenoxy) is 2. The first-order chi connectivity index (χ1) is 8.29. The molecular formula is C13H16O4. The Morgan fingerprint density at radius 2 is 1.94 bits per heavy atom. The summed E-state index contributed by atoms with van der Waals surface area (Å²) in [6.07, 6.45) is 9.10. The van der Waals surface area contributed by atoms with Gasteiger partial charge in [0, 0.05) is 0 Å². The van der Waals surface area contributed by atoms with Gasteiger partial charge in [0.05, 0.1) is 5.57 Å². The van der Waals surface area contributed by atoms with Gasteiger partial charge in [-0.15, -0.1) is 0 Å². The largest absolute Gasteiger partial charge is 0.514 e. The van der Waals surface area contributed by atoms with Crippen molar-refractivity contribution in [2.45, 2.75) is 44.6 Å². The van der Waals surface area contributed by atoms with Crippen molar-refractivity contribution < 1.29 is 19.1 Å². The summed E-state index contributed by atoms with van der Waals surface area (Å²) in [5.41, 5.74) is 0.430. The van der Waals surface area contributed by atoms with Crippen molar-refractivity contribution in [3.8, 4) is 0 Å². The van der Waals surface area contributed by atoms with Crippen LogP contribution in [0.5, 0.6) is 0 Å². The standard InChI is InChI=1S/C13H16O4/c14-9-10-5-1-4-8-12(10)17-13(15)16-11-6-2-3-7-11/h5,8-9,11H,1-4,6-7H2. The van der Waals surface area contributed by atoms with E-state index in [1.807, 2.05) is 0 Å². The van der Waals surface area contributed by atoms with Gasteiger partial charge in [0.15, 0.2) is 6.29 Å². The van der Waals surface area contributed by atoms with Crippen molar-refractivity contribution in [3.05, 3.63) is 23.5 Å². The SMILES string of the molecule is O=CC1=CCCC=C1OC(=O)OC1CCCC1. The predicted molar refractivity (Wildman–Crippen MR) is 61.3 cm³/mol. The lowest BCUT2D eigenvalue weighted by molar-refractivity contribution is -0.105. The van der Waals surface area contributed by atoms with Crippen LogP contribution >= 0.6 is 0 Å². The second kappa shape index (κ2) is 5.66. The molecule has 1 fully saturated rings. The minimum atomic E-state index is -0.696. The summed E-state index contributed by atoms with van der Waals surface area (Å²) < 4.78 is 10.2. The highest BCUT2D eigenvalue weighted by molar-refractivity contribution is 5.81. The van der Waals surface area contributed by atoms with E-state index in [1.165, 1.54) is 0 Å². The van der Waals surface area contributed by atoms with E-state index in [0.717, 1.165) is 38.5 Å². The zero-order valence-electron chi connectivity index (χ0n) is 9.69. The quantitative estimate of drug-likeness (QED) is 0.558. The molecule has 0 amide bonds. The summed E-state index contributed by atoms with van der Waals surface area (Å²) in [5, 5.41) is 0. The summed E-state index contributed by atoms with van der Waals surface area (Å²) in [4.78, 5) is 22.3. The molecule has 92 valence electrons. The van der Waals surface area contributed by atoms with Crippen molar-refractivity contribution in [2.75, 3.05) is 0 Å². The molecule has 0 aromatic carbocycles. The van der Waals surface area contributed by atoms with E-state index in [1.54, 1.807) is 12.2 Å². The van der Waals surface area contributed by atoms with E-state index in [9.17, 15) is 9.59 Å². The van der Waals surface area contributed by atoms with Gasteiger partial charge < -0.3 is 9.47 Å². The van der Waals surface area contributed by atoms with Crippen LogP contribution in [0, 0.1) is 0 Å². The first-order valence-corrected chi connectivity index (χ1v) is 6.04. The number of allylic oxidation sites excluding steroid dienone is 3. The Balaban J connectivity index is 1.87. The molecule has 2 rings (SSSR count). The fourth-order valence-corrected chi connectivity index (χ4v) is 2.13. The van der Waals surface area contributed by atoms with Gasteiger partial charge in [-0.3, -0.25) is 4.79 Å². The molecule has 4 heteroatoms. The zero-order valence-corrected chi connectivity index (χ0v) is 9.69. The van der Waals surface area contributed by atoms with Crippen LogP contribution in [0.25, 0.3) is 0 Å². The molecule has 0 unspecified atom stereocenters. The van der Waals surface area contributed by atoms with Gasteiger partial charge in [-0.05, 0) is 44.6 Å². The Bertz CT molecular complexity index is 362. The minimum Gasteiger partial charge on any atom is -0.431 e. The highest BCUT2D eigenvalue weighted by Crippen LogP contribution is 2.23.